The predicted molar refractivity (Wildman–Crippen MR) is 62.0 cm³/mol. The van der Waals surface area contributed by atoms with Crippen molar-refractivity contribution in [3.63, 3.8) is 0 Å². The number of rotatable bonds is 2. The highest BCUT2D eigenvalue weighted by molar-refractivity contribution is 5.78. The van der Waals surface area contributed by atoms with Crippen molar-refractivity contribution in [2.45, 2.75) is 25.2 Å². The molecule has 1 amide bonds. The average Bonchev–Trinajstić information content (AvgIpc) is 2.76. The maximum absolute atomic E-state index is 11.5. The second-order valence-corrected chi connectivity index (χ2v) is 4.40. The fourth-order valence-electron chi connectivity index (χ4n) is 2.25. The monoisotopic (exact) mass is 232 g/mol. The van der Waals surface area contributed by atoms with E-state index in [0.29, 0.717) is 5.92 Å². The maximum Gasteiger partial charge on any atom is 0.236 e. The van der Waals surface area contributed by atoms with Crippen LogP contribution in [0.4, 0.5) is 0 Å². The summed E-state index contributed by atoms with van der Waals surface area (Å²) >= 11 is 0. The van der Waals surface area contributed by atoms with Gasteiger partial charge in [0.1, 0.15) is 6.42 Å². The van der Waals surface area contributed by atoms with Gasteiger partial charge in [-0.2, -0.15) is 10.4 Å². The summed E-state index contributed by atoms with van der Waals surface area (Å²) in [5, 5.41) is 12.9. The van der Waals surface area contributed by atoms with Gasteiger partial charge in [-0.1, -0.05) is 0 Å². The first kappa shape index (κ1) is 11.6. The fourth-order valence-corrected chi connectivity index (χ4v) is 2.25. The Bertz CT molecular complexity index is 438. The third kappa shape index (κ3) is 2.64. The van der Waals surface area contributed by atoms with Gasteiger partial charge in [-0.3, -0.25) is 9.48 Å². The summed E-state index contributed by atoms with van der Waals surface area (Å²) in [6, 6.07) is 3.94. The highest BCUT2D eigenvalue weighted by Crippen LogP contribution is 2.26. The molecule has 1 aliphatic heterocycles. The van der Waals surface area contributed by atoms with Gasteiger partial charge in [0.05, 0.1) is 11.8 Å². The van der Waals surface area contributed by atoms with Crippen LogP contribution in [-0.2, 0) is 11.8 Å². The highest BCUT2D eigenvalue weighted by Gasteiger charge is 2.24. The van der Waals surface area contributed by atoms with E-state index in [4.69, 9.17) is 5.26 Å². The fraction of sp³-hybridized carbons (Fsp3) is 0.583. The van der Waals surface area contributed by atoms with Crippen molar-refractivity contribution in [3.05, 3.63) is 18.0 Å². The van der Waals surface area contributed by atoms with Crippen molar-refractivity contribution in [2.24, 2.45) is 7.05 Å². The van der Waals surface area contributed by atoms with Crippen LogP contribution in [0.5, 0.6) is 0 Å². The van der Waals surface area contributed by atoms with E-state index in [0.717, 1.165) is 31.6 Å². The molecule has 2 rings (SSSR count). The van der Waals surface area contributed by atoms with Crippen LogP contribution in [0.25, 0.3) is 0 Å². The molecule has 0 bridgehead atoms. The number of nitriles is 1. The minimum atomic E-state index is -0.0491. The molecule has 0 spiro atoms. The Morgan fingerprint density at radius 1 is 1.59 bits per heavy atom. The smallest absolute Gasteiger partial charge is 0.236 e. The number of hydrogen-bond acceptors (Lipinski definition) is 3. The number of aryl methyl sites for hydroxylation is 1. The lowest BCUT2D eigenvalue weighted by Crippen LogP contribution is -2.37. The molecular formula is C12H16N4O. The topological polar surface area (TPSA) is 61.9 Å². The lowest BCUT2D eigenvalue weighted by molar-refractivity contribution is -0.131. The van der Waals surface area contributed by atoms with E-state index in [1.54, 1.807) is 4.90 Å². The molecule has 1 aromatic heterocycles. The number of hydrogen-bond donors (Lipinski definition) is 0. The molecule has 1 saturated heterocycles. The summed E-state index contributed by atoms with van der Waals surface area (Å²) in [4.78, 5) is 13.3. The van der Waals surface area contributed by atoms with Crippen molar-refractivity contribution < 1.29 is 4.79 Å². The van der Waals surface area contributed by atoms with Gasteiger partial charge in [0.15, 0.2) is 0 Å². The van der Waals surface area contributed by atoms with Crippen LogP contribution in [0.2, 0.25) is 0 Å². The second kappa shape index (κ2) is 5.00. The van der Waals surface area contributed by atoms with Crippen molar-refractivity contribution >= 4 is 5.91 Å². The summed E-state index contributed by atoms with van der Waals surface area (Å²) in [5.74, 6) is 0.398. The van der Waals surface area contributed by atoms with Gasteiger partial charge < -0.3 is 4.90 Å². The van der Waals surface area contributed by atoms with Gasteiger partial charge in [-0.15, -0.1) is 0 Å². The van der Waals surface area contributed by atoms with Gasteiger partial charge in [-0.05, 0) is 18.9 Å². The molecular weight excluding hydrogens is 216 g/mol. The Hall–Kier alpha value is -1.83. The minimum absolute atomic E-state index is 0.00570. The Labute approximate surface area is 101 Å². The van der Waals surface area contributed by atoms with Gasteiger partial charge in [0.2, 0.25) is 5.91 Å². The van der Waals surface area contributed by atoms with Crippen molar-refractivity contribution in [3.8, 4) is 6.07 Å². The Morgan fingerprint density at radius 3 is 2.82 bits per heavy atom. The summed E-state index contributed by atoms with van der Waals surface area (Å²) in [6.07, 6.45) is 3.82. The van der Waals surface area contributed by atoms with Crippen LogP contribution < -0.4 is 0 Å². The van der Waals surface area contributed by atoms with E-state index in [1.165, 1.54) is 0 Å². The molecule has 0 atom stereocenters. The standard InChI is InChI=1S/C12H16N4O/c1-15-7-5-11(14-15)10-3-8-16(9-4-10)12(17)2-6-13/h5,7,10H,2-4,8-9H2,1H3. The van der Waals surface area contributed by atoms with E-state index in [2.05, 4.69) is 5.10 Å². The molecule has 1 fully saturated rings. The van der Waals surface area contributed by atoms with Crippen LogP contribution >= 0.6 is 0 Å². The van der Waals surface area contributed by atoms with Gasteiger partial charge in [0, 0.05) is 32.3 Å². The van der Waals surface area contributed by atoms with Gasteiger partial charge in [0.25, 0.3) is 0 Å². The lowest BCUT2D eigenvalue weighted by Gasteiger charge is -2.30. The number of carbonyl (C=O) groups is 1. The van der Waals surface area contributed by atoms with Crippen LogP contribution in [0.1, 0.15) is 30.9 Å². The van der Waals surface area contributed by atoms with Crippen LogP contribution in [0, 0.1) is 11.3 Å². The normalized spacial score (nSPS) is 16.8. The van der Waals surface area contributed by atoms with Crippen molar-refractivity contribution in [1.82, 2.24) is 14.7 Å². The molecule has 5 heteroatoms. The van der Waals surface area contributed by atoms with E-state index >= 15 is 0 Å². The van der Waals surface area contributed by atoms with Crippen LogP contribution in [0.15, 0.2) is 12.3 Å². The van der Waals surface area contributed by atoms with Gasteiger partial charge >= 0.3 is 0 Å². The molecule has 17 heavy (non-hydrogen) atoms. The first-order chi connectivity index (χ1) is 8.20. The highest BCUT2D eigenvalue weighted by atomic mass is 16.2. The number of carbonyl (C=O) groups excluding carboxylic acids is 1. The quantitative estimate of drug-likeness (QED) is 0.765. The molecule has 90 valence electrons. The summed E-state index contributed by atoms with van der Waals surface area (Å²) < 4.78 is 1.81. The number of amides is 1. The number of piperidine rings is 1. The first-order valence-corrected chi connectivity index (χ1v) is 5.85. The first-order valence-electron chi connectivity index (χ1n) is 5.85. The van der Waals surface area contributed by atoms with E-state index in [9.17, 15) is 4.79 Å². The molecule has 0 aliphatic carbocycles. The predicted octanol–water partition coefficient (Wildman–Crippen LogP) is 1.04. The third-order valence-electron chi connectivity index (χ3n) is 3.23. The van der Waals surface area contributed by atoms with Crippen LogP contribution in [0.3, 0.4) is 0 Å². The molecule has 1 aromatic rings. The van der Waals surface area contributed by atoms with E-state index < -0.39 is 0 Å². The summed E-state index contributed by atoms with van der Waals surface area (Å²) in [7, 11) is 1.91. The SMILES string of the molecule is Cn1ccc(C2CCN(C(=O)CC#N)CC2)n1. The summed E-state index contributed by atoms with van der Waals surface area (Å²) in [5.41, 5.74) is 1.11. The Balaban J connectivity index is 1.90. The molecule has 1 aliphatic rings. The molecule has 0 aromatic carbocycles. The molecule has 5 nitrogen and oxygen atoms in total. The maximum atomic E-state index is 11.5. The zero-order chi connectivity index (χ0) is 12.3. The molecule has 0 radical (unpaired) electrons. The number of aromatic nitrogens is 2. The number of likely N-dealkylation sites (tertiary alicyclic amines) is 1. The molecule has 0 unspecified atom stereocenters. The van der Waals surface area contributed by atoms with Crippen molar-refractivity contribution in [1.29, 1.82) is 5.26 Å². The second-order valence-electron chi connectivity index (χ2n) is 4.40. The molecule has 2 heterocycles. The van der Waals surface area contributed by atoms with E-state index in [-0.39, 0.29) is 12.3 Å². The van der Waals surface area contributed by atoms with Crippen LogP contribution in [-0.4, -0.2) is 33.7 Å². The Morgan fingerprint density at radius 2 is 2.29 bits per heavy atom. The van der Waals surface area contributed by atoms with Gasteiger partial charge in [-0.25, -0.2) is 0 Å². The minimum Gasteiger partial charge on any atom is -0.342 e. The zero-order valence-corrected chi connectivity index (χ0v) is 9.96. The number of nitrogens with zero attached hydrogens (tertiary/aromatic N) is 4. The largest absolute Gasteiger partial charge is 0.342 e. The summed E-state index contributed by atoms with van der Waals surface area (Å²) in [6.45, 7) is 1.48. The van der Waals surface area contributed by atoms with Crippen molar-refractivity contribution in [2.75, 3.05) is 13.1 Å². The average molecular weight is 232 g/mol. The lowest BCUT2D eigenvalue weighted by atomic mass is 9.93. The molecule has 0 N–H and O–H groups in total. The zero-order valence-electron chi connectivity index (χ0n) is 9.96. The van der Waals surface area contributed by atoms with E-state index in [1.807, 2.05) is 30.1 Å². The Kier molecular flexibility index (Phi) is 3.43. The third-order valence-corrected chi connectivity index (χ3v) is 3.23. The molecule has 0 saturated carbocycles.